The minimum absolute atomic E-state index is 0.710. The van der Waals surface area contributed by atoms with Crippen molar-refractivity contribution < 1.29 is 0 Å². The van der Waals surface area contributed by atoms with Crippen LogP contribution in [0.5, 0.6) is 0 Å². The molecular formula is C12H26N2. The summed E-state index contributed by atoms with van der Waals surface area (Å²) in [4.78, 5) is 4.95. The Morgan fingerprint density at radius 1 is 0.786 bits per heavy atom. The smallest absolute Gasteiger partial charge is 0.00364 e. The third-order valence-electron chi connectivity index (χ3n) is 3.68. The predicted octanol–water partition coefficient (Wildman–Crippen LogP) is 2.06. The maximum Gasteiger partial charge on any atom is 0.00364 e. The number of hydrogen-bond acceptors (Lipinski definition) is 2. The molecule has 2 rings (SSSR count). The zero-order valence-electron chi connectivity index (χ0n) is 10.3. The van der Waals surface area contributed by atoms with E-state index in [0.29, 0.717) is 5.41 Å². The van der Waals surface area contributed by atoms with Gasteiger partial charge in [-0.15, -0.1) is 0 Å². The first-order chi connectivity index (χ1) is 6.70. The van der Waals surface area contributed by atoms with Crippen molar-refractivity contribution >= 4 is 0 Å². The van der Waals surface area contributed by atoms with E-state index in [0.717, 1.165) is 0 Å². The summed E-state index contributed by atoms with van der Waals surface area (Å²) in [7, 11) is 4.50. The first-order valence-electron chi connectivity index (χ1n) is 6.07. The van der Waals surface area contributed by atoms with Crippen LogP contribution in [0.25, 0.3) is 0 Å². The molecule has 0 N–H and O–H groups in total. The summed E-state index contributed by atoms with van der Waals surface area (Å²) in [6.07, 6.45) is 4.29. The maximum atomic E-state index is 2.49. The minimum atomic E-state index is 0.710. The normalized spacial score (nSPS) is 27.4. The van der Waals surface area contributed by atoms with Crippen molar-refractivity contribution in [2.45, 2.75) is 33.1 Å². The fourth-order valence-electron chi connectivity index (χ4n) is 2.66. The van der Waals surface area contributed by atoms with Gasteiger partial charge in [0.25, 0.3) is 0 Å². The number of rotatable bonds is 0. The molecule has 1 spiro atoms. The van der Waals surface area contributed by atoms with Crippen LogP contribution in [0.2, 0.25) is 0 Å². The maximum absolute atomic E-state index is 2.49. The van der Waals surface area contributed by atoms with Crippen molar-refractivity contribution in [3.8, 4) is 0 Å². The van der Waals surface area contributed by atoms with E-state index in [1.165, 1.54) is 45.4 Å². The second kappa shape index (κ2) is 5.13. The second-order valence-corrected chi connectivity index (χ2v) is 4.79. The fourth-order valence-corrected chi connectivity index (χ4v) is 2.66. The van der Waals surface area contributed by atoms with E-state index in [4.69, 9.17) is 0 Å². The third-order valence-corrected chi connectivity index (χ3v) is 3.68. The van der Waals surface area contributed by atoms with Crippen molar-refractivity contribution in [2.24, 2.45) is 5.41 Å². The molecule has 2 heteroatoms. The van der Waals surface area contributed by atoms with Crippen molar-refractivity contribution in [3.05, 3.63) is 0 Å². The van der Waals surface area contributed by atoms with Gasteiger partial charge in [-0.05, 0) is 58.4 Å². The Kier molecular flexibility index (Phi) is 4.39. The highest BCUT2D eigenvalue weighted by Gasteiger charge is 2.38. The van der Waals surface area contributed by atoms with Crippen molar-refractivity contribution in [2.75, 3.05) is 40.3 Å². The van der Waals surface area contributed by atoms with E-state index in [9.17, 15) is 0 Å². The summed E-state index contributed by atoms with van der Waals surface area (Å²) >= 11 is 0. The van der Waals surface area contributed by atoms with E-state index < -0.39 is 0 Å². The van der Waals surface area contributed by atoms with Gasteiger partial charge in [0.2, 0.25) is 0 Å². The molecule has 0 amide bonds. The summed E-state index contributed by atoms with van der Waals surface area (Å²) in [5, 5.41) is 0. The summed E-state index contributed by atoms with van der Waals surface area (Å²) < 4.78 is 0. The van der Waals surface area contributed by atoms with Crippen LogP contribution < -0.4 is 0 Å². The van der Waals surface area contributed by atoms with Gasteiger partial charge < -0.3 is 9.80 Å². The number of nitrogens with zero attached hydrogens (tertiary/aromatic N) is 2. The van der Waals surface area contributed by atoms with E-state index in [-0.39, 0.29) is 0 Å². The SMILES string of the molecule is CC.CN1CCC2(CC1)CCN(C)C2. The zero-order chi connectivity index (χ0) is 10.6. The Hall–Kier alpha value is -0.0800. The lowest BCUT2D eigenvalue weighted by molar-refractivity contribution is 0.130. The van der Waals surface area contributed by atoms with Gasteiger partial charge in [-0.2, -0.15) is 0 Å². The van der Waals surface area contributed by atoms with Crippen LogP contribution in [0.3, 0.4) is 0 Å². The van der Waals surface area contributed by atoms with Crippen LogP contribution in [0.15, 0.2) is 0 Å². The fraction of sp³-hybridized carbons (Fsp3) is 1.00. The van der Waals surface area contributed by atoms with E-state index in [2.05, 4.69) is 23.9 Å². The van der Waals surface area contributed by atoms with Crippen LogP contribution in [-0.2, 0) is 0 Å². The van der Waals surface area contributed by atoms with Crippen molar-refractivity contribution in [1.82, 2.24) is 9.80 Å². The number of likely N-dealkylation sites (tertiary alicyclic amines) is 2. The molecule has 0 aromatic carbocycles. The molecule has 2 saturated heterocycles. The molecule has 2 fully saturated rings. The monoisotopic (exact) mass is 198 g/mol. The van der Waals surface area contributed by atoms with Crippen LogP contribution in [0.4, 0.5) is 0 Å². The summed E-state index contributed by atoms with van der Waals surface area (Å²) in [6, 6.07) is 0. The summed E-state index contributed by atoms with van der Waals surface area (Å²) in [5.74, 6) is 0. The Balaban J connectivity index is 0.000000461. The first kappa shape index (κ1) is 12.0. The van der Waals surface area contributed by atoms with Gasteiger partial charge >= 0.3 is 0 Å². The molecule has 0 atom stereocenters. The van der Waals surface area contributed by atoms with Gasteiger partial charge in [-0.25, -0.2) is 0 Å². The average Bonchev–Trinajstić information content (AvgIpc) is 2.57. The molecule has 0 unspecified atom stereocenters. The van der Waals surface area contributed by atoms with Crippen LogP contribution >= 0.6 is 0 Å². The molecule has 0 bridgehead atoms. The zero-order valence-corrected chi connectivity index (χ0v) is 10.3. The Morgan fingerprint density at radius 2 is 1.21 bits per heavy atom. The first-order valence-corrected chi connectivity index (χ1v) is 6.07. The van der Waals surface area contributed by atoms with Crippen LogP contribution in [0, 0.1) is 5.41 Å². The lowest BCUT2D eigenvalue weighted by Crippen LogP contribution is -2.39. The van der Waals surface area contributed by atoms with Crippen LogP contribution in [0.1, 0.15) is 33.1 Å². The molecule has 2 aliphatic rings. The number of hydrogen-bond donors (Lipinski definition) is 0. The van der Waals surface area contributed by atoms with Gasteiger partial charge in [-0.1, -0.05) is 13.8 Å². The second-order valence-electron chi connectivity index (χ2n) is 4.79. The molecule has 2 aliphatic heterocycles. The molecule has 0 aromatic heterocycles. The molecule has 0 radical (unpaired) electrons. The molecule has 2 nitrogen and oxygen atoms in total. The average molecular weight is 198 g/mol. The Labute approximate surface area is 89.3 Å². The third kappa shape index (κ3) is 2.71. The lowest BCUT2D eigenvalue weighted by atomic mass is 9.78. The van der Waals surface area contributed by atoms with Gasteiger partial charge in [0.15, 0.2) is 0 Å². The van der Waals surface area contributed by atoms with E-state index in [1.54, 1.807) is 0 Å². The van der Waals surface area contributed by atoms with Gasteiger partial charge in [0.1, 0.15) is 0 Å². The molecule has 0 aromatic rings. The predicted molar refractivity (Wildman–Crippen MR) is 62.6 cm³/mol. The van der Waals surface area contributed by atoms with Gasteiger partial charge in [0.05, 0.1) is 0 Å². The van der Waals surface area contributed by atoms with Crippen LogP contribution in [-0.4, -0.2) is 50.1 Å². The summed E-state index contributed by atoms with van der Waals surface area (Å²) in [5.41, 5.74) is 0.710. The lowest BCUT2D eigenvalue weighted by Gasteiger charge is -2.37. The highest BCUT2D eigenvalue weighted by molar-refractivity contribution is 4.92. The Bertz CT molecular complexity index is 160. The highest BCUT2D eigenvalue weighted by atomic mass is 15.2. The highest BCUT2D eigenvalue weighted by Crippen LogP contribution is 2.39. The number of piperidine rings is 1. The van der Waals surface area contributed by atoms with E-state index >= 15 is 0 Å². The van der Waals surface area contributed by atoms with Crippen molar-refractivity contribution in [1.29, 1.82) is 0 Å². The molecule has 0 aliphatic carbocycles. The molecule has 2 heterocycles. The Morgan fingerprint density at radius 3 is 1.64 bits per heavy atom. The molecule has 84 valence electrons. The minimum Gasteiger partial charge on any atom is -0.306 e. The van der Waals surface area contributed by atoms with Gasteiger partial charge in [-0.3, -0.25) is 0 Å². The summed E-state index contributed by atoms with van der Waals surface area (Å²) in [6.45, 7) is 9.30. The quantitative estimate of drug-likeness (QED) is 0.588. The topological polar surface area (TPSA) is 6.48 Å². The molecular weight excluding hydrogens is 172 g/mol. The van der Waals surface area contributed by atoms with Gasteiger partial charge in [0, 0.05) is 6.54 Å². The van der Waals surface area contributed by atoms with Crippen molar-refractivity contribution in [3.63, 3.8) is 0 Å². The van der Waals surface area contributed by atoms with E-state index in [1.807, 2.05) is 13.8 Å². The largest absolute Gasteiger partial charge is 0.306 e. The molecule has 0 saturated carbocycles. The standard InChI is InChI=1S/C10H20N2.C2H6/c1-11-6-3-10(4-7-11)5-8-12(2)9-10;1-2/h3-9H2,1-2H3;1-2H3. The molecule has 14 heavy (non-hydrogen) atoms.